The lowest BCUT2D eigenvalue weighted by molar-refractivity contribution is -0.155. The number of aryl methyl sites for hydroxylation is 1. The van der Waals surface area contributed by atoms with Crippen LogP contribution in [0.4, 0.5) is 5.69 Å². The third-order valence-electron chi connectivity index (χ3n) is 4.18. The van der Waals surface area contributed by atoms with Crippen molar-refractivity contribution in [1.82, 2.24) is 4.72 Å². The molecule has 0 aromatic heterocycles. The fraction of sp³-hybridized carbons (Fsp3) is 0.300. The Kier molecular flexibility index (Phi) is 8.54. The second kappa shape index (κ2) is 10.7. The Morgan fingerprint density at radius 1 is 1.10 bits per heavy atom. The Labute approximate surface area is 183 Å². The summed E-state index contributed by atoms with van der Waals surface area (Å²) in [5.41, 5.74) is 1.64. The van der Waals surface area contributed by atoms with E-state index in [1.807, 2.05) is 19.1 Å². The highest BCUT2D eigenvalue weighted by Crippen LogP contribution is 2.15. The lowest BCUT2D eigenvalue weighted by atomic mass is 10.1. The minimum atomic E-state index is -4.08. The number of aliphatic hydroxyl groups is 1. The molecule has 10 heteroatoms. The van der Waals surface area contributed by atoms with Crippen molar-refractivity contribution in [3.63, 3.8) is 0 Å². The van der Waals surface area contributed by atoms with Crippen LogP contribution >= 0.6 is 15.9 Å². The van der Waals surface area contributed by atoms with Crippen LogP contribution in [0.2, 0.25) is 0 Å². The molecule has 0 saturated carbocycles. The van der Waals surface area contributed by atoms with Crippen molar-refractivity contribution in [2.75, 3.05) is 11.9 Å². The fourth-order valence-electron chi connectivity index (χ4n) is 2.41. The first-order valence-corrected chi connectivity index (χ1v) is 11.4. The summed E-state index contributed by atoms with van der Waals surface area (Å²) in [5.74, 6) is -1.65. The molecule has 3 N–H and O–H groups in total. The van der Waals surface area contributed by atoms with Crippen LogP contribution in [0, 0.1) is 0 Å². The summed E-state index contributed by atoms with van der Waals surface area (Å²) in [6, 6.07) is 11.4. The van der Waals surface area contributed by atoms with Gasteiger partial charge in [0.2, 0.25) is 10.0 Å². The van der Waals surface area contributed by atoms with Gasteiger partial charge in [-0.2, -0.15) is 4.72 Å². The molecule has 0 heterocycles. The fourth-order valence-corrected chi connectivity index (χ4v) is 3.85. The van der Waals surface area contributed by atoms with Crippen LogP contribution in [0.5, 0.6) is 0 Å². The van der Waals surface area contributed by atoms with Crippen molar-refractivity contribution < 1.29 is 27.9 Å². The van der Waals surface area contributed by atoms with Gasteiger partial charge in [-0.15, -0.1) is 0 Å². The molecule has 2 unspecified atom stereocenters. The molecule has 8 nitrogen and oxygen atoms in total. The molecule has 0 bridgehead atoms. The quantitative estimate of drug-likeness (QED) is 0.455. The maximum Gasteiger partial charge on any atom is 0.327 e. The van der Waals surface area contributed by atoms with Crippen LogP contribution in [0.3, 0.4) is 0 Å². The number of hydrogen-bond donors (Lipinski definition) is 3. The topological polar surface area (TPSA) is 122 Å². The highest BCUT2D eigenvalue weighted by atomic mass is 79.9. The molecule has 2 atom stereocenters. The van der Waals surface area contributed by atoms with Gasteiger partial charge in [0.25, 0.3) is 5.91 Å². The monoisotopic (exact) mass is 498 g/mol. The number of halogens is 1. The van der Waals surface area contributed by atoms with Crippen molar-refractivity contribution in [2.45, 2.75) is 37.3 Å². The summed E-state index contributed by atoms with van der Waals surface area (Å²) < 4.78 is 32.6. The zero-order chi connectivity index (χ0) is 22.3. The summed E-state index contributed by atoms with van der Waals surface area (Å²) in [5, 5.41) is 12.1. The van der Waals surface area contributed by atoms with Gasteiger partial charge in [-0.3, -0.25) is 9.59 Å². The Balaban J connectivity index is 1.99. The zero-order valence-corrected chi connectivity index (χ0v) is 18.9. The number of esters is 1. The van der Waals surface area contributed by atoms with E-state index < -0.39 is 40.7 Å². The predicted molar refractivity (Wildman–Crippen MR) is 115 cm³/mol. The highest BCUT2D eigenvalue weighted by molar-refractivity contribution is 9.10. The number of anilines is 1. The molecule has 0 radical (unpaired) electrons. The largest absolute Gasteiger partial charge is 0.451 e. The van der Waals surface area contributed by atoms with E-state index >= 15 is 0 Å². The first-order valence-electron chi connectivity index (χ1n) is 9.15. The first-order chi connectivity index (χ1) is 14.2. The van der Waals surface area contributed by atoms with Crippen LogP contribution in [0.1, 0.15) is 19.4 Å². The predicted octanol–water partition coefficient (Wildman–Crippen LogP) is 2.22. The van der Waals surface area contributed by atoms with Gasteiger partial charge in [-0.05, 0) is 55.3 Å². The van der Waals surface area contributed by atoms with Gasteiger partial charge >= 0.3 is 5.97 Å². The minimum absolute atomic E-state index is 0.0849. The van der Waals surface area contributed by atoms with Gasteiger partial charge in [-0.1, -0.05) is 35.0 Å². The third-order valence-corrected chi connectivity index (χ3v) is 6.20. The van der Waals surface area contributed by atoms with E-state index in [4.69, 9.17) is 4.74 Å². The molecule has 2 aromatic carbocycles. The number of nitrogens with one attached hydrogen (secondary N) is 2. The van der Waals surface area contributed by atoms with E-state index in [-0.39, 0.29) is 4.90 Å². The second-order valence-corrected chi connectivity index (χ2v) is 9.06. The van der Waals surface area contributed by atoms with Gasteiger partial charge in [-0.25, -0.2) is 8.42 Å². The van der Waals surface area contributed by atoms with Crippen molar-refractivity contribution >= 4 is 43.5 Å². The molecule has 1 amide bonds. The molecule has 2 rings (SSSR count). The van der Waals surface area contributed by atoms with Gasteiger partial charge in [0, 0.05) is 10.2 Å². The number of aliphatic hydroxyl groups excluding tert-OH is 1. The summed E-state index contributed by atoms with van der Waals surface area (Å²) >= 11 is 3.20. The van der Waals surface area contributed by atoms with Crippen LogP contribution < -0.4 is 10.0 Å². The molecule has 0 aliphatic carbocycles. The van der Waals surface area contributed by atoms with E-state index in [0.717, 1.165) is 12.0 Å². The van der Waals surface area contributed by atoms with Crippen molar-refractivity contribution in [1.29, 1.82) is 0 Å². The zero-order valence-electron chi connectivity index (χ0n) is 16.5. The molecular weight excluding hydrogens is 476 g/mol. The number of sulfonamides is 1. The van der Waals surface area contributed by atoms with Crippen molar-refractivity contribution in [3.8, 4) is 0 Å². The van der Waals surface area contributed by atoms with E-state index in [1.54, 1.807) is 12.1 Å². The summed E-state index contributed by atoms with van der Waals surface area (Å²) in [6.45, 7) is 2.53. The smallest absolute Gasteiger partial charge is 0.327 e. The third kappa shape index (κ3) is 6.63. The van der Waals surface area contributed by atoms with E-state index in [1.165, 1.54) is 31.2 Å². The molecular formula is C20H23BrN2O6S. The molecule has 0 aliphatic heterocycles. The standard InChI is InChI=1S/C20H23BrN2O6S/c1-3-14-4-8-16(9-5-14)22-19(25)13(2)29-20(26)18(12-24)23-30(27,28)17-10-6-15(21)7-11-17/h4-11,13,18,23-24H,3,12H2,1-2H3,(H,22,25). The van der Waals surface area contributed by atoms with Crippen LogP contribution in [0.15, 0.2) is 57.9 Å². The molecule has 2 aromatic rings. The lowest BCUT2D eigenvalue weighted by Gasteiger charge is -2.19. The molecule has 0 fully saturated rings. The van der Waals surface area contributed by atoms with Crippen molar-refractivity contribution in [2.24, 2.45) is 0 Å². The van der Waals surface area contributed by atoms with Gasteiger partial charge in [0.15, 0.2) is 6.10 Å². The summed E-state index contributed by atoms with van der Waals surface area (Å²) in [4.78, 5) is 24.5. The van der Waals surface area contributed by atoms with Crippen molar-refractivity contribution in [3.05, 3.63) is 58.6 Å². The van der Waals surface area contributed by atoms with Crippen LogP contribution in [-0.4, -0.2) is 44.2 Å². The number of carbonyl (C=O) groups excluding carboxylic acids is 2. The molecule has 0 spiro atoms. The van der Waals surface area contributed by atoms with E-state index in [0.29, 0.717) is 10.2 Å². The molecule has 0 aliphatic rings. The Morgan fingerprint density at radius 3 is 2.23 bits per heavy atom. The van der Waals surface area contributed by atoms with E-state index in [2.05, 4.69) is 26.0 Å². The SMILES string of the molecule is CCc1ccc(NC(=O)C(C)OC(=O)C(CO)NS(=O)(=O)c2ccc(Br)cc2)cc1. The molecule has 0 saturated heterocycles. The lowest BCUT2D eigenvalue weighted by Crippen LogP contribution is -2.46. The Bertz CT molecular complexity index is 977. The normalized spacial score (nSPS) is 13.3. The van der Waals surface area contributed by atoms with Gasteiger partial charge in [0.05, 0.1) is 11.5 Å². The number of ether oxygens (including phenoxy) is 1. The maximum atomic E-state index is 12.4. The number of amides is 1. The number of benzene rings is 2. The van der Waals surface area contributed by atoms with Gasteiger partial charge in [0.1, 0.15) is 6.04 Å². The Morgan fingerprint density at radius 2 is 1.70 bits per heavy atom. The Hall–Kier alpha value is -2.27. The van der Waals surface area contributed by atoms with Gasteiger partial charge < -0.3 is 15.2 Å². The maximum absolute atomic E-state index is 12.4. The summed E-state index contributed by atoms with van der Waals surface area (Å²) in [7, 11) is -4.08. The highest BCUT2D eigenvalue weighted by Gasteiger charge is 2.29. The molecule has 30 heavy (non-hydrogen) atoms. The summed E-state index contributed by atoms with van der Waals surface area (Å²) in [6.07, 6.45) is -0.337. The number of hydrogen-bond acceptors (Lipinski definition) is 6. The number of rotatable bonds is 9. The average molecular weight is 499 g/mol. The average Bonchev–Trinajstić information content (AvgIpc) is 2.72. The second-order valence-electron chi connectivity index (χ2n) is 6.43. The minimum Gasteiger partial charge on any atom is -0.451 e. The first kappa shape index (κ1) is 24.0. The van der Waals surface area contributed by atoms with Crippen LogP contribution in [0.25, 0.3) is 0 Å². The van der Waals surface area contributed by atoms with Crippen LogP contribution in [-0.2, 0) is 30.8 Å². The molecule has 162 valence electrons. The van der Waals surface area contributed by atoms with E-state index in [9.17, 15) is 23.1 Å². The number of carbonyl (C=O) groups is 2.